The summed E-state index contributed by atoms with van der Waals surface area (Å²) in [7, 11) is -0.513. The summed E-state index contributed by atoms with van der Waals surface area (Å²) in [4.78, 5) is 0. The van der Waals surface area contributed by atoms with Crippen LogP contribution in [0, 0.1) is 0 Å². The molecule has 2 nitrogen and oxygen atoms in total. The summed E-state index contributed by atoms with van der Waals surface area (Å²) < 4.78 is 5.34. The summed E-state index contributed by atoms with van der Waals surface area (Å²) in [5.74, 6) is 0. The van der Waals surface area contributed by atoms with E-state index in [-0.39, 0.29) is 17.9 Å². The van der Waals surface area contributed by atoms with Crippen LogP contribution in [0.25, 0.3) is 0 Å². The van der Waals surface area contributed by atoms with Crippen molar-refractivity contribution >= 4 is 17.9 Å². The average Bonchev–Trinajstić information content (AvgIpc) is 2.21. The lowest BCUT2D eigenvalue weighted by molar-refractivity contribution is 0.470. The van der Waals surface area contributed by atoms with Crippen molar-refractivity contribution in [1.29, 1.82) is 0 Å². The first kappa shape index (κ1) is 15.4. The molecule has 2 radical (unpaired) electrons. The molecule has 90 valence electrons. The van der Waals surface area contributed by atoms with Crippen LogP contribution < -0.4 is 0 Å². The smallest absolute Gasteiger partial charge is 0.131 e. The molecule has 0 unspecified atom stereocenters. The van der Waals surface area contributed by atoms with Crippen LogP contribution in [0.1, 0.15) is 27.7 Å². The number of hydrogen-bond acceptors (Lipinski definition) is 2. The first-order chi connectivity index (χ1) is 7.10. The molecule has 0 fully saturated rings. The van der Waals surface area contributed by atoms with Crippen molar-refractivity contribution in [3.63, 3.8) is 0 Å². The van der Waals surface area contributed by atoms with Gasteiger partial charge in [-0.2, -0.15) is 0 Å². The fourth-order valence-corrected chi connectivity index (χ4v) is 9.03. The van der Waals surface area contributed by atoms with Crippen molar-refractivity contribution in [2.45, 2.75) is 46.5 Å². The topological polar surface area (TPSA) is 6.48 Å². The largest absolute Gasteiger partial charge is 0.325 e. The Balaban J connectivity index is 4.08. The second-order valence-electron chi connectivity index (χ2n) is 3.99. The van der Waals surface area contributed by atoms with Crippen molar-refractivity contribution in [3.05, 3.63) is 0 Å². The molecule has 0 spiro atoms. The van der Waals surface area contributed by atoms with E-state index in [1.807, 2.05) is 0 Å². The Bertz CT molecular complexity index is 132. The van der Waals surface area contributed by atoms with Crippen LogP contribution in [0.2, 0.25) is 18.8 Å². The van der Waals surface area contributed by atoms with Crippen LogP contribution in [0.5, 0.6) is 0 Å². The van der Waals surface area contributed by atoms with Crippen LogP contribution in [0.4, 0.5) is 0 Å². The minimum Gasteiger partial charge on any atom is -0.325 e. The molecule has 0 amide bonds. The molecule has 0 aliphatic heterocycles. The molecule has 0 aliphatic carbocycles. The Labute approximate surface area is 100 Å². The van der Waals surface area contributed by atoms with E-state index >= 15 is 0 Å². The molecule has 0 heterocycles. The minimum atomic E-state index is -0.256. The van der Waals surface area contributed by atoms with Gasteiger partial charge in [0.25, 0.3) is 0 Å². The normalized spacial score (nSPS) is 12.4. The molecule has 0 saturated heterocycles. The summed E-state index contributed by atoms with van der Waals surface area (Å²) in [5, 5.41) is 0. The van der Waals surface area contributed by atoms with Crippen molar-refractivity contribution < 1.29 is 0 Å². The quantitative estimate of drug-likeness (QED) is 0.605. The second-order valence-corrected chi connectivity index (χ2v) is 9.61. The van der Waals surface area contributed by atoms with Gasteiger partial charge in [-0.05, 0) is 31.8 Å². The van der Waals surface area contributed by atoms with Gasteiger partial charge >= 0.3 is 0 Å². The van der Waals surface area contributed by atoms with E-state index in [1.165, 1.54) is 31.8 Å². The van der Waals surface area contributed by atoms with Crippen LogP contribution in [0.3, 0.4) is 0 Å². The predicted molar refractivity (Wildman–Crippen MR) is 73.9 cm³/mol. The Hall–Kier alpha value is 0.354. The van der Waals surface area contributed by atoms with E-state index in [9.17, 15) is 0 Å². The third-order valence-electron chi connectivity index (χ3n) is 3.12. The highest BCUT2D eigenvalue weighted by Gasteiger charge is 2.20. The zero-order valence-electron chi connectivity index (χ0n) is 11.4. The lowest BCUT2D eigenvalue weighted by Gasteiger charge is -2.30. The van der Waals surface area contributed by atoms with Gasteiger partial charge in [-0.1, -0.05) is 40.8 Å². The molecule has 0 aromatic heterocycles. The fraction of sp³-hybridized carbons (Fsp3) is 1.00. The number of rotatable bonds is 8. The van der Waals surface area contributed by atoms with Gasteiger partial charge in [-0.25, -0.2) is 0 Å². The summed E-state index contributed by atoms with van der Waals surface area (Å²) in [5.41, 5.74) is 1.48. The average molecular weight is 245 g/mol. The monoisotopic (exact) mass is 244 g/mol. The van der Waals surface area contributed by atoms with E-state index in [1.54, 1.807) is 0 Å². The minimum absolute atomic E-state index is 0.256. The maximum atomic E-state index is 2.67. The van der Waals surface area contributed by atoms with E-state index in [4.69, 9.17) is 0 Å². The highest BCUT2D eigenvalue weighted by Crippen LogP contribution is 2.07. The lowest BCUT2D eigenvalue weighted by Crippen LogP contribution is -2.45. The van der Waals surface area contributed by atoms with Gasteiger partial charge in [-0.15, -0.1) is 0 Å². The second kappa shape index (κ2) is 8.50. The van der Waals surface area contributed by atoms with Crippen LogP contribution in [-0.4, -0.2) is 53.2 Å². The molecule has 0 atom stereocenters. The summed E-state index contributed by atoms with van der Waals surface area (Å²) in [6, 6.07) is 0. The molecule has 0 saturated carbocycles. The Kier molecular flexibility index (Phi) is 8.70. The SMILES string of the molecule is CCN(CC)[Si](C)C[Si](C)N(CC)CC. The highest BCUT2D eigenvalue weighted by atomic mass is 28.3. The predicted octanol–water partition coefficient (Wildman–Crippen LogP) is 2.45. The zero-order chi connectivity index (χ0) is 11.8. The fourth-order valence-electron chi connectivity index (χ4n) is 2.12. The number of hydrogen-bond donors (Lipinski definition) is 0. The van der Waals surface area contributed by atoms with E-state index < -0.39 is 0 Å². The molecule has 15 heavy (non-hydrogen) atoms. The van der Waals surface area contributed by atoms with E-state index in [0.717, 1.165) is 0 Å². The van der Waals surface area contributed by atoms with Gasteiger partial charge in [0.15, 0.2) is 0 Å². The Morgan fingerprint density at radius 3 is 1.13 bits per heavy atom. The first-order valence-electron chi connectivity index (χ1n) is 6.25. The molecular formula is C11H28N2Si2. The van der Waals surface area contributed by atoms with Gasteiger partial charge in [-0.3, -0.25) is 0 Å². The van der Waals surface area contributed by atoms with Gasteiger partial charge < -0.3 is 9.13 Å². The Morgan fingerprint density at radius 1 is 0.667 bits per heavy atom. The van der Waals surface area contributed by atoms with E-state index in [2.05, 4.69) is 49.9 Å². The van der Waals surface area contributed by atoms with Gasteiger partial charge in [0.05, 0.1) is 0 Å². The van der Waals surface area contributed by atoms with Crippen LogP contribution in [-0.2, 0) is 0 Å². The van der Waals surface area contributed by atoms with Crippen molar-refractivity contribution in [1.82, 2.24) is 9.13 Å². The summed E-state index contributed by atoms with van der Waals surface area (Å²) in [6.45, 7) is 19.0. The molecular weight excluding hydrogens is 216 g/mol. The molecule has 0 aromatic carbocycles. The first-order valence-corrected chi connectivity index (χ1v) is 10.6. The molecule has 0 aliphatic rings. The lowest BCUT2D eigenvalue weighted by atomic mass is 10.7. The van der Waals surface area contributed by atoms with Crippen molar-refractivity contribution in [2.75, 3.05) is 26.2 Å². The van der Waals surface area contributed by atoms with Crippen molar-refractivity contribution in [2.24, 2.45) is 0 Å². The van der Waals surface area contributed by atoms with Crippen molar-refractivity contribution in [3.8, 4) is 0 Å². The zero-order valence-corrected chi connectivity index (χ0v) is 13.4. The maximum absolute atomic E-state index is 2.67. The summed E-state index contributed by atoms with van der Waals surface area (Å²) >= 11 is 0. The van der Waals surface area contributed by atoms with Gasteiger partial charge in [0.1, 0.15) is 17.9 Å². The molecule has 0 rings (SSSR count). The Morgan fingerprint density at radius 2 is 0.933 bits per heavy atom. The van der Waals surface area contributed by atoms with Gasteiger partial charge in [0.2, 0.25) is 0 Å². The third-order valence-corrected chi connectivity index (χ3v) is 10.6. The van der Waals surface area contributed by atoms with Crippen LogP contribution >= 0.6 is 0 Å². The molecule has 0 N–H and O–H groups in total. The maximum Gasteiger partial charge on any atom is 0.131 e. The van der Waals surface area contributed by atoms with Gasteiger partial charge in [0, 0.05) is 0 Å². The summed E-state index contributed by atoms with van der Waals surface area (Å²) in [6.07, 6.45) is 0. The van der Waals surface area contributed by atoms with Crippen LogP contribution in [0.15, 0.2) is 0 Å². The highest BCUT2D eigenvalue weighted by molar-refractivity contribution is 6.73. The van der Waals surface area contributed by atoms with E-state index in [0.29, 0.717) is 0 Å². The molecule has 0 aromatic rings. The number of nitrogens with zero attached hydrogens (tertiary/aromatic N) is 2. The standard InChI is InChI=1S/C11H28N2Si2/c1-7-12(8-2)14(5)11-15(6)13(9-3)10-4/h7-11H2,1-6H3. The third kappa shape index (κ3) is 5.29. The molecule has 4 heteroatoms. The molecule has 0 bridgehead atoms.